The molecule has 1 saturated heterocycles. The molecule has 2 fully saturated rings. The summed E-state index contributed by atoms with van der Waals surface area (Å²) < 4.78 is 19.6. The summed E-state index contributed by atoms with van der Waals surface area (Å²) in [5, 5.41) is 9.37. The Labute approximate surface area is 164 Å². The van der Waals surface area contributed by atoms with Gasteiger partial charge in [-0.05, 0) is 68.0 Å². The molecule has 4 rings (SSSR count). The molecule has 1 aromatic heterocycles. The number of hydrogen-bond acceptors (Lipinski definition) is 5. The van der Waals surface area contributed by atoms with Crippen LogP contribution >= 0.6 is 0 Å². The Morgan fingerprint density at radius 3 is 2.79 bits per heavy atom. The van der Waals surface area contributed by atoms with E-state index in [2.05, 4.69) is 16.0 Å². The van der Waals surface area contributed by atoms with Gasteiger partial charge in [0, 0.05) is 24.8 Å². The topological polar surface area (TPSA) is 75.2 Å². The van der Waals surface area contributed by atoms with Crippen molar-refractivity contribution in [1.29, 1.82) is 5.26 Å². The molecule has 2 aliphatic rings. The lowest BCUT2D eigenvalue weighted by Gasteiger charge is -2.37. The number of nitrogens with two attached hydrogens (primary N) is 1. The molecule has 1 saturated carbocycles. The van der Waals surface area contributed by atoms with Crippen LogP contribution in [0.2, 0.25) is 0 Å². The molecule has 2 N–H and O–H groups in total. The molecule has 5 nitrogen and oxygen atoms in total. The molecule has 0 bridgehead atoms. The first-order valence-corrected chi connectivity index (χ1v) is 9.91. The highest BCUT2D eigenvalue weighted by Gasteiger charge is 2.41. The highest BCUT2D eigenvalue weighted by Crippen LogP contribution is 2.40. The largest absolute Gasteiger partial charge is 0.472 e. The predicted molar refractivity (Wildman–Crippen MR) is 104 cm³/mol. The normalized spacial score (nSPS) is 28.0. The average Bonchev–Trinajstić information content (AvgIpc) is 3.13. The first-order valence-electron chi connectivity index (χ1n) is 9.91. The molecule has 2 aromatic rings. The third-order valence-corrected chi connectivity index (χ3v) is 5.93. The second-order valence-corrected chi connectivity index (χ2v) is 7.81. The quantitative estimate of drug-likeness (QED) is 0.882. The molecule has 1 aliphatic heterocycles. The van der Waals surface area contributed by atoms with Gasteiger partial charge in [0.15, 0.2) is 0 Å². The minimum absolute atomic E-state index is 0.0812. The number of aromatic nitrogens is 1. The van der Waals surface area contributed by atoms with E-state index in [0.717, 1.165) is 44.3 Å². The number of hydrogen-bond donors (Lipinski definition) is 1. The first kappa shape index (κ1) is 18.9. The van der Waals surface area contributed by atoms with Crippen LogP contribution in [0.5, 0.6) is 5.88 Å². The molecule has 28 heavy (non-hydrogen) atoms. The number of nitrogens with zero attached hydrogens (tertiary/aromatic N) is 3. The Morgan fingerprint density at radius 1 is 1.21 bits per heavy atom. The smallest absolute Gasteiger partial charge is 0.231 e. The number of halogens is 1. The molecule has 1 aliphatic carbocycles. The zero-order valence-corrected chi connectivity index (χ0v) is 15.8. The van der Waals surface area contributed by atoms with Gasteiger partial charge in [0.1, 0.15) is 23.6 Å². The predicted octanol–water partition coefficient (Wildman–Crippen LogP) is 3.21. The van der Waals surface area contributed by atoms with Crippen LogP contribution in [0.1, 0.15) is 42.7 Å². The van der Waals surface area contributed by atoms with Crippen LogP contribution in [0, 0.1) is 17.1 Å². The number of benzene rings is 1. The second-order valence-electron chi connectivity index (χ2n) is 7.81. The van der Waals surface area contributed by atoms with Crippen molar-refractivity contribution in [2.45, 2.75) is 49.8 Å². The van der Waals surface area contributed by atoms with Gasteiger partial charge in [-0.3, -0.25) is 4.90 Å². The van der Waals surface area contributed by atoms with E-state index in [1.807, 2.05) is 12.1 Å². The molecular formula is C22H25FN4O. The summed E-state index contributed by atoms with van der Waals surface area (Å²) >= 11 is 0. The number of rotatable bonds is 4. The van der Waals surface area contributed by atoms with E-state index in [4.69, 9.17) is 10.5 Å². The van der Waals surface area contributed by atoms with Crippen molar-refractivity contribution in [2.75, 3.05) is 13.1 Å². The van der Waals surface area contributed by atoms with Gasteiger partial charge in [-0.2, -0.15) is 5.26 Å². The van der Waals surface area contributed by atoms with E-state index < -0.39 is 0 Å². The van der Waals surface area contributed by atoms with Crippen molar-refractivity contribution in [2.24, 2.45) is 5.73 Å². The Kier molecular flexibility index (Phi) is 5.56. The minimum Gasteiger partial charge on any atom is -0.472 e. The maximum Gasteiger partial charge on any atom is 0.231 e. The zero-order chi connectivity index (χ0) is 19.5. The van der Waals surface area contributed by atoms with E-state index in [1.54, 1.807) is 18.3 Å². The number of pyridine rings is 1. The van der Waals surface area contributed by atoms with Gasteiger partial charge in [-0.15, -0.1) is 0 Å². The van der Waals surface area contributed by atoms with E-state index >= 15 is 0 Å². The van der Waals surface area contributed by atoms with Gasteiger partial charge in [0.25, 0.3) is 0 Å². The van der Waals surface area contributed by atoms with E-state index in [9.17, 15) is 9.65 Å². The molecule has 4 atom stereocenters. The molecule has 0 radical (unpaired) electrons. The maximum absolute atomic E-state index is 13.3. The lowest BCUT2D eigenvalue weighted by molar-refractivity contribution is 0.0654. The number of piperidine rings is 1. The lowest BCUT2D eigenvalue weighted by atomic mass is 9.97. The van der Waals surface area contributed by atoms with Crippen molar-refractivity contribution < 1.29 is 9.13 Å². The minimum atomic E-state index is -0.222. The molecular weight excluding hydrogens is 355 g/mol. The van der Waals surface area contributed by atoms with Gasteiger partial charge >= 0.3 is 0 Å². The number of likely N-dealkylation sites (tertiary alicyclic amines) is 1. The van der Waals surface area contributed by atoms with Crippen LogP contribution < -0.4 is 10.5 Å². The van der Waals surface area contributed by atoms with Crippen LogP contribution in [0.25, 0.3) is 0 Å². The standard InChI is InChI=1S/C22H25FN4O/c23-18-7-5-15(6-8-18)17-11-20(27-10-2-4-19(25)14-27)21(12-17)28-22-16(13-24)3-1-9-26-22/h1,3,5-9,17,19-21H,2,4,10-12,14,25H2/t17?,19-,20?,21?/m1/s1. The second kappa shape index (κ2) is 8.26. The summed E-state index contributed by atoms with van der Waals surface area (Å²) in [5.41, 5.74) is 7.79. The summed E-state index contributed by atoms with van der Waals surface area (Å²) in [7, 11) is 0. The number of ether oxygens (including phenoxy) is 1. The molecule has 3 unspecified atom stereocenters. The summed E-state index contributed by atoms with van der Waals surface area (Å²) in [6.45, 7) is 1.86. The van der Waals surface area contributed by atoms with Gasteiger partial charge < -0.3 is 10.5 Å². The van der Waals surface area contributed by atoms with Gasteiger partial charge in [-0.1, -0.05) is 12.1 Å². The Balaban J connectivity index is 1.58. The van der Waals surface area contributed by atoms with Crippen LogP contribution in [-0.4, -0.2) is 41.2 Å². The fourth-order valence-electron chi connectivity index (χ4n) is 4.55. The van der Waals surface area contributed by atoms with Crippen molar-refractivity contribution in [3.05, 3.63) is 59.5 Å². The summed E-state index contributed by atoms with van der Waals surface area (Å²) in [6.07, 6.45) is 5.44. The van der Waals surface area contributed by atoms with Crippen molar-refractivity contribution in [3.8, 4) is 11.9 Å². The van der Waals surface area contributed by atoms with Gasteiger partial charge in [0.05, 0.1) is 0 Å². The summed E-state index contributed by atoms with van der Waals surface area (Å²) in [4.78, 5) is 6.71. The van der Waals surface area contributed by atoms with Crippen molar-refractivity contribution >= 4 is 0 Å². The summed E-state index contributed by atoms with van der Waals surface area (Å²) in [5.74, 6) is 0.448. The van der Waals surface area contributed by atoms with Gasteiger partial charge in [-0.25, -0.2) is 9.37 Å². The molecule has 0 amide bonds. The zero-order valence-electron chi connectivity index (χ0n) is 15.8. The molecule has 0 spiro atoms. The fourth-order valence-corrected chi connectivity index (χ4v) is 4.55. The number of nitriles is 1. The van der Waals surface area contributed by atoms with Crippen LogP contribution in [0.3, 0.4) is 0 Å². The highest BCUT2D eigenvalue weighted by molar-refractivity contribution is 5.37. The van der Waals surface area contributed by atoms with Crippen molar-refractivity contribution in [3.63, 3.8) is 0 Å². The van der Waals surface area contributed by atoms with E-state index in [1.165, 1.54) is 12.1 Å². The molecule has 6 heteroatoms. The van der Waals surface area contributed by atoms with E-state index in [-0.39, 0.29) is 29.9 Å². The van der Waals surface area contributed by atoms with Crippen LogP contribution in [0.15, 0.2) is 42.6 Å². The van der Waals surface area contributed by atoms with E-state index in [0.29, 0.717) is 11.4 Å². The molecule has 1 aromatic carbocycles. The Morgan fingerprint density at radius 2 is 2.04 bits per heavy atom. The third-order valence-electron chi connectivity index (χ3n) is 5.93. The Hall–Kier alpha value is -2.49. The molecule has 146 valence electrons. The van der Waals surface area contributed by atoms with Crippen LogP contribution in [0.4, 0.5) is 4.39 Å². The first-order chi connectivity index (χ1) is 13.6. The monoisotopic (exact) mass is 380 g/mol. The average molecular weight is 380 g/mol. The molecule has 2 heterocycles. The third kappa shape index (κ3) is 4.01. The maximum atomic E-state index is 13.3. The fraction of sp³-hybridized carbons (Fsp3) is 0.455. The highest BCUT2D eigenvalue weighted by atomic mass is 19.1. The van der Waals surface area contributed by atoms with Crippen LogP contribution in [-0.2, 0) is 0 Å². The Bertz CT molecular complexity index is 850. The van der Waals surface area contributed by atoms with Crippen molar-refractivity contribution in [1.82, 2.24) is 9.88 Å². The SMILES string of the molecule is N#Cc1cccnc1OC1CC(c2ccc(F)cc2)CC1N1CCC[C@@H](N)C1. The lowest BCUT2D eigenvalue weighted by Crippen LogP contribution is -2.51. The summed E-state index contributed by atoms with van der Waals surface area (Å²) in [6, 6.07) is 12.8. The van der Waals surface area contributed by atoms with Gasteiger partial charge in [0.2, 0.25) is 5.88 Å².